The predicted octanol–water partition coefficient (Wildman–Crippen LogP) is 5.45. The third-order valence-electron chi connectivity index (χ3n) is 4.73. The predicted molar refractivity (Wildman–Crippen MR) is 139 cm³/mol. The summed E-state index contributed by atoms with van der Waals surface area (Å²) in [6, 6.07) is 9.36. The zero-order chi connectivity index (χ0) is 25.5. The van der Waals surface area contributed by atoms with E-state index in [0.29, 0.717) is 11.5 Å². The van der Waals surface area contributed by atoms with Crippen LogP contribution in [0, 0.1) is 6.92 Å². The summed E-state index contributed by atoms with van der Waals surface area (Å²) in [6.07, 6.45) is 6.96. The van der Waals surface area contributed by atoms with Crippen molar-refractivity contribution in [3.8, 4) is 0 Å². The van der Waals surface area contributed by atoms with Crippen LogP contribution in [0.4, 0.5) is 16.3 Å². The highest BCUT2D eigenvalue weighted by atomic mass is 16.6. The van der Waals surface area contributed by atoms with Crippen LogP contribution >= 0.6 is 0 Å². The Morgan fingerprint density at radius 3 is 2.59 bits per heavy atom. The molecule has 0 bridgehead atoms. The molecule has 0 unspecified atom stereocenters. The van der Waals surface area contributed by atoms with Crippen LogP contribution in [0.3, 0.4) is 0 Å². The summed E-state index contributed by atoms with van der Waals surface area (Å²) in [4.78, 5) is 29.9. The molecule has 0 aliphatic rings. The van der Waals surface area contributed by atoms with Crippen LogP contribution in [0.2, 0.25) is 0 Å². The summed E-state index contributed by atoms with van der Waals surface area (Å²) in [5, 5.41) is 2.72. The van der Waals surface area contributed by atoms with E-state index in [-0.39, 0.29) is 12.5 Å². The van der Waals surface area contributed by atoms with E-state index >= 15 is 0 Å². The van der Waals surface area contributed by atoms with Crippen molar-refractivity contribution in [3.63, 3.8) is 0 Å². The Hall–Kier alpha value is -3.87. The Balaban J connectivity index is 2.17. The van der Waals surface area contributed by atoms with Gasteiger partial charge in [0, 0.05) is 18.9 Å². The van der Waals surface area contributed by atoms with Crippen molar-refractivity contribution in [3.05, 3.63) is 78.0 Å². The lowest BCUT2D eigenvalue weighted by Crippen LogP contribution is -2.38. The Bertz CT molecular complexity index is 1130. The second-order valence-electron chi connectivity index (χ2n) is 9.01. The highest BCUT2D eigenvalue weighted by molar-refractivity contribution is 5.94. The molecule has 1 aromatic heterocycles. The van der Waals surface area contributed by atoms with Crippen molar-refractivity contribution in [1.29, 1.82) is 0 Å². The van der Waals surface area contributed by atoms with Crippen LogP contribution in [0.5, 0.6) is 0 Å². The highest BCUT2D eigenvalue weighted by Gasteiger charge is 2.21. The minimum absolute atomic E-state index is 0.165. The average molecular weight is 463 g/mol. The first-order valence-corrected chi connectivity index (χ1v) is 11.0. The zero-order valence-corrected chi connectivity index (χ0v) is 20.8. The van der Waals surface area contributed by atoms with Gasteiger partial charge in [0.1, 0.15) is 18.0 Å². The summed E-state index contributed by atoms with van der Waals surface area (Å²) >= 11 is 0. The number of hydrogen-bond acceptors (Lipinski definition) is 5. The zero-order valence-electron chi connectivity index (χ0n) is 20.8. The van der Waals surface area contributed by atoms with E-state index in [0.717, 1.165) is 27.8 Å². The lowest BCUT2D eigenvalue weighted by molar-refractivity contribution is -0.117. The van der Waals surface area contributed by atoms with Crippen LogP contribution in [0.25, 0.3) is 11.1 Å². The van der Waals surface area contributed by atoms with Gasteiger partial charge in [0.25, 0.3) is 0 Å². The number of ether oxygens (including phenoxy) is 1. The number of nitrogens with zero attached hydrogens (tertiary/aromatic N) is 2. The first kappa shape index (κ1) is 26.4. The summed E-state index contributed by atoms with van der Waals surface area (Å²) in [5.74, 6) is -0.0217. The Labute approximate surface area is 202 Å². The molecule has 0 saturated heterocycles. The van der Waals surface area contributed by atoms with Crippen LogP contribution in [-0.2, 0) is 9.53 Å². The van der Waals surface area contributed by atoms with E-state index in [2.05, 4.69) is 16.9 Å². The fourth-order valence-electron chi connectivity index (χ4n) is 3.12. The van der Waals surface area contributed by atoms with Gasteiger partial charge in [-0.15, -0.1) is 0 Å². The van der Waals surface area contributed by atoms with Crippen LogP contribution < -0.4 is 11.1 Å². The maximum atomic E-state index is 12.4. The molecule has 1 heterocycles. The number of hydrogen-bond donors (Lipinski definition) is 2. The number of nitrogen functional groups attached to an aromatic ring is 1. The number of allylic oxidation sites excluding steroid dienone is 5. The SMILES string of the molecule is C=C(/C=C(\C=C/C)c1cc(N)ccc1C)c1ccnc(NC(=O)CN(C)C(=O)OC(C)(C)C)c1. The Kier molecular flexibility index (Phi) is 8.78. The van der Waals surface area contributed by atoms with Crippen molar-refractivity contribution < 1.29 is 14.3 Å². The second kappa shape index (κ2) is 11.3. The molecule has 0 aliphatic carbocycles. The third-order valence-corrected chi connectivity index (χ3v) is 4.73. The summed E-state index contributed by atoms with van der Waals surface area (Å²) < 4.78 is 5.27. The van der Waals surface area contributed by atoms with Crippen molar-refractivity contribution in [1.82, 2.24) is 9.88 Å². The fourth-order valence-corrected chi connectivity index (χ4v) is 3.12. The molecule has 1 aromatic carbocycles. The molecule has 0 atom stereocenters. The summed E-state index contributed by atoms with van der Waals surface area (Å²) in [7, 11) is 1.51. The van der Waals surface area contributed by atoms with E-state index in [1.54, 1.807) is 33.0 Å². The van der Waals surface area contributed by atoms with Gasteiger partial charge < -0.3 is 20.7 Å². The summed E-state index contributed by atoms with van der Waals surface area (Å²) in [5.41, 5.74) is 10.7. The summed E-state index contributed by atoms with van der Waals surface area (Å²) in [6.45, 7) is 13.3. The van der Waals surface area contributed by atoms with E-state index < -0.39 is 11.7 Å². The monoisotopic (exact) mass is 462 g/mol. The molecule has 0 aliphatic heterocycles. The van der Waals surface area contributed by atoms with Gasteiger partial charge in [0.2, 0.25) is 5.91 Å². The number of aryl methyl sites for hydroxylation is 1. The van der Waals surface area contributed by atoms with Gasteiger partial charge in [-0.2, -0.15) is 0 Å². The van der Waals surface area contributed by atoms with Gasteiger partial charge in [-0.25, -0.2) is 9.78 Å². The molecular formula is C27H34N4O3. The molecule has 7 nitrogen and oxygen atoms in total. The first-order chi connectivity index (χ1) is 15.9. The number of nitrogens with two attached hydrogens (primary N) is 1. The largest absolute Gasteiger partial charge is 0.444 e. The number of pyridine rings is 1. The standard InChI is InChI=1S/C27H34N4O3/c1-8-9-21(23-16-22(28)11-10-18(23)2)14-19(3)20-12-13-29-24(15-20)30-25(32)17-31(7)26(33)34-27(4,5)6/h8-16H,3,17,28H2,1-2,4-7H3,(H,29,30,32)/b9-8-,21-14+. The van der Waals surface area contributed by atoms with Gasteiger partial charge in [-0.05, 0) is 92.8 Å². The maximum absolute atomic E-state index is 12.4. The molecule has 7 heteroatoms. The number of aromatic nitrogens is 1. The molecule has 0 spiro atoms. The molecule has 0 saturated carbocycles. The first-order valence-electron chi connectivity index (χ1n) is 11.0. The lowest BCUT2D eigenvalue weighted by Gasteiger charge is -2.24. The van der Waals surface area contributed by atoms with Gasteiger partial charge in [-0.3, -0.25) is 4.79 Å². The van der Waals surface area contributed by atoms with Crippen molar-refractivity contribution in [2.45, 2.75) is 40.2 Å². The maximum Gasteiger partial charge on any atom is 0.410 e. The molecule has 0 fully saturated rings. The lowest BCUT2D eigenvalue weighted by atomic mass is 9.96. The molecule has 180 valence electrons. The Morgan fingerprint density at radius 2 is 1.94 bits per heavy atom. The van der Waals surface area contributed by atoms with E-state index in [4.69, 9.17) is 10.5 Å². The minimum atomic E-state index is -0.637. The molecule has 2 aromatic rings. The number of likely N-dealkylation sites (N-methyl/N-ethyl adjacent to an activating group) is 1. The van der Waals surface area contributed by atoms with Crippen LogP contribution in [-0.4, -0.2) is 41.1 Å². The van der Waals surface area contributed by atoms with Crippen molar-refractivity contribution >= 4 is 34.7 Å². The number of anilines is 2. The number of carbonyl (C=O) groups is 2. The Morgan fingerprint density at radius 1 is 1.24 bits per heavy atom. The van der Waals surface area contributed by atoms with E-state index in [1.807, 2.05) is 56.3 Å². The van der Waals surface area contributed by atoms with Gasteiger partial charge >= 0.3 is 6.09 Å². The van der Waals surface area contributed by atoms with Crippen LogP contribution in [0.15, 0.2) is 61.3 Å². The average Bonchev–Trinajstić information content (AvgIpc) is 2.74. The van der Waals surface area contributed by atoms with Crippen LogP contribution in [0.1, 0.15) is 44.4 Å². The fraction of sp³-hybridized carbons (Fsp3) is 0.296. The third kappa shape index (κ3) is 7.92. The molecule has 2 amide bonds. The minimum Gasteiger partial charge on any atom is -0.444 e. The topological polar surface area (TPSA) is 97.5 Å². The molecule has 2 rings (SSSR count). The molecule has 34 heavy (non-hydrogen) atoms. The van der Waals surface area contributed by atoms with Gasteiger partial charge in [-0.1, -0.05) is 24.8 Å². The number of carbonyl (C=O) groups excluding carboxylic acids is 2. The number of rotatable bonds is 7. The number of benzene rings is 1. The second-order valence-corrected chi connectivity index (χ2v) is 9.01. The molecular weight excluding hydrogens is 428 g/mol. The quantitative estimate of drug-likeness (QED) is 0.421. The van der Waals surface area contributed by atoms with Crippen molar-refractivity contribution in [2.24, 2.45) is 0 Å². The molecule has 0 radical (unpaired) electrons. The van der Waals surface area contributed by atoms with Crippen molar-refractivity contribution in [2.75, 3.05) is 24.6 Å². The van der Waals surface area contributed by atoms with E-state index in [9.17, 15) is 9.59 Å². The number of amides is 2. The van der Waals surface area contributed by atoms with E-state index in [1.165, 1.54) is 11.9 Å². The molecule has 3 N–H and O–H groups in total. The van der Waals surface area contributed by atoms with Gasteiger partial charge in [0.05, 0.1) is 0 Å². The highest BCUT2D eigenvalue weighted by Crippen LogP contribution is 2.27. The normalized spacial score (nSPS) is 11.9. The number of nitrogens with one attached hydrogen (secondary N) is 1. The smallest absolute Gasteiger partial charge is 0.410 e. The van der Waals surface area contributed by atoms with Gasteiger partial charge in [0.15, 0.2) is 0 Å².